The molecule has 2 aliphatic heterocycles. The van der Waals surface area contributed by atoms with E-state index < -0.39 is 0 Å². The summed E-state index contributed by atoms with van der Waals surface area (Å²) in [6, 6.07) is 8.33. The van der Waals surface area contributed by atoms with Crippen molar-refractivity contribution in [2.75, 3.05) is 50.9 Å². The SMILES string of the molecule is O=C(CC1CSCCN1)NCC(c1cccc(Cl)c1)N1CCOCC1. The highest BCUT2D eigenvalue weighted by Crippen LogP contribution is 2.24. The normalized spacial score (nSPS) is 23.2. The van der Waals surface area contributed by atoms with Crippen molar-refractivity contribution in [3.63, 3.8) is 0 Å². The zero-order valence-electron chi connectivity index (χ0n) is 14.4. The molecule has 2 heterocycles. The van der Waals surface area contributed by atoms with Crippen LogP contribution in [0.2, 0.25) is 5.02 Å². The summed E-state index contributed by atoms with van der Waals surface area (Å²) in [5, 5.41) is 7.27. The number of hydrogen-bond donors (Lipinski definition) is 2. The molecule has 2 fully saturated rings. The number of carbonyl (C=O) groups is 1. The second kappa shape index (κ2) is 9.78. The molecule has 2 unspecified atom stereocenters. The Bertz CT molecular complexity index is 563. The molecule has 1 amide bonds. The third-order valence-electron chi connectivity index (χ3n) is 4.64. The molecule has 0 bridgehead atoms. The Morgan fingerprint density at radius 3 is 3.00 bits per heavy atom. The molecule has 1 aromatic rings. The van der Waals surface area contributed by atoms with E-state index in [1.165, 1.54) is 0 Å². The van der Waals surface area contributed by atoms with Crippen LogP contribution in [0.4, 0.5) is 0 Å². The summed E-state index contributed by atoms with van der Waals surface area (Å²) < 4.78 is 5.47. The largest absolute Gasteiger partial charge is 0.379 e. The standard InChI is InChI=1S/C18H26ClN3O2S/c19-15-3-1-2-14(10-15)17(22-5-7-24-8-6-22)12-21-18(23)11-16-13-25-9-4-20-16/h1-3,10,16-17,20H,4-9,11-13H2,(H,21,23). The van der Waals surface area contributed by atoms with E-state index in [1.807, 2.05) is 30.0 Å². The van der Waals surface area contributed by atoms with Gasteiger partial charge in [-0.3, -0.25) is 9.69 Å². The summed E-state index contributed by atoms with van der Waals surface area (Å²) in [5.41, 5.74) is 1.14. The van der Waals surface area contributed by atoms with Crippen LogP contribution >= 0.6 is 23.4 Å². The minimum Gasteiger partial charge on any atom is -0.379 e. The maximum atomic E-state index is 12.4. The highest BCUT2D eigenvalue weighted by atomic mass is 35.5. The van der Waals surface area contributed by atoms with Crippen LogP contribution in [0.3, 0.4) is 0 Å². The first-order valence-corrected chi connectivity index (χ1v) is 10.4. The van der Waals surface area contributed by atoms with Gasteiger partial charge in [0.15, 0.2) is 0 Å². The number of nitrogens with zero attached hydrogens (tertiary/aromatic N) is 1. The Kier molecular flexibility index (Phi) is 7.43. The number of ether oxygens (including phenoxy) is 1. The van der Waals surface area contributed by atoms with Crippen LogP contribution in [-0.4, -0.2) is 67.7 Å². The van der Waals surface area contributed by atoms with Crippen LogP contribution in [0.15, 0.2) is 24.3 Å². The molecule has 25 heavy (non-hydrogen) atoms. The molecule has 0 spiro atoms. The number of rotatable bonds is 6. The minimum absolute atomic E-state index is 0.111. The molecular weight excluding hydrogens is 358 g/mol. The third-order valence-corrected chi connectivity index (χ3v) is 6.01. The summed E-state index contributed by atoms with van der Waals surface area (Å²) in [6.07, 6.45) is 0.540. The first kappa shape index (κ1) is 19.0. The quantitative estimate of drug-likeness (QED) is 0.786. The van der Waals surface area contributed by atoms with Gasteiger partial charge in [0.05, 0.1) is 19.3 Å². The lowest BCUT2D eigenvalue weighted by atomic mass is 10.0. The molecule has 2 saturated heterocycles. The van der Waals surface area contributed by atoms with Crippen molar-refractivity contribution in [1.29, 1.82) is 0 Å². The Morgan fingerprint density at radius 1 is 1.44 bits per heavy atom. The Balaban J connectivity index is 1.59. The lowest BCUT2D eigenvalue weighted by molar-refractivity contribution is -0.121. The zero-order chi connectivity index (χ0) is 17.5. The minimum atomic E-state index is 0.111. The second-order valence-corrected chi connectivity index (χ2v) is 8.04. The molecule has 0 aliphatic carbocycles. The number of amides is 1. The first-order chi connectivity index (χ1) is 12.2. The summed E-state index contributed by atoms with van der Waals surface area (Å²) in [4.78, 5) is 14.7. The Hall–Kier alpha value is -0.790. The van der Waals surface area contributed by atoms with Gasteiger partial charge in [-0.15, -0.1) is 0 Å². The second-order valence-electron chi connectivity index (χ2n) is 6.45. The number of morpholine rings is 1. The lowest BCUT2D eigenvalue weighted by Gasteiger charge is -2.35. The van der Waals surface area contributed by atoms with Crippen molar-refractivity contribution >= 4 is 29.3 Å². The van der Waals surface area contributed by atoms with Gasteiger partial charge in [-0.1, -0.05) is 23.7 Å². The van der Waals surface area contributed by atoms with Crippen molar-refractivity contribution in [3.05, 3.63) is 34.9 Å². The highest BCUT2D eigenvalue weighted by Gasteiger charge is 2.24. The first-order valence-electron chi connectivity index (χ1n) is 8.87. The van der Waals surface area contributed by atoms with Crippen LogP contribution in [0.25, 0.3) is 0 Å². The van der Waals surface area contributed by atoms with Crippen LogP contribution in [0.1, 0.15) is 18.0 Å². The molecule has 138 valence electrons. The molecule has 5 nitrogen and oxygen atoms in total. The fourth-order valence-corrected chi connectivity index (χ4v) is 4.47. The molecule has 1 aromatic carbocycles. The average molecular weight is 384 g/mol. The van der Waals surface area contributed by atoms with E-state index in [1.54, 1.807) is 0 Å². The van der Waals surface area contributed by atoms with E-state index in [9.17, 15) is 4.79 Å². The summed E-state index contributed by atoms with van der Waals surface area (Å²) >= 11 is 8.09. The third kappa shape index (κ3) is 5.86. The van der Waals surface area contributed by atoms with Gasteiger partial charge in [-0.25, -0.2) is 0 Å². The van der Waals surface area contributed by atoms with E-state index in [-0.39, 0.29) is 18.0 Å². The number of benzene rings is 1. The molecule has 2 N–H and O–H groups in total. The molecule has 2 atom stereocenters. The van der Waals surface area contributed by atoms with E-state index in [4.69, 9.17) is 16.3 Å². The van der Waals surface area contributed by atoms with Gasteiger partial charge in [0.1, 0.15) is 0 Å². The number of carbonyl (C=O) groups excluding carboxylic acids is 1. The predicted molar refractivity (Wildman–Crippen MR) is 103 cm³/mol. The van der Waals surface area contributed by atoms with Gasteiger partial charge >= 0.3 is 0 Å². The smallest absolute Gasteiger partial charge is 0.221 e. The fraction of sp³-hybridized carbons (Fsp3) is 0.611. The fourth-order valence-electron chi connectivity index (χ4n) is 3.32. The maximum absolute atomic E-state index is 12.4. The summed E-state index contributed by atoms with van der Waals surface area (Å²) in [5.74, 6) is 2.25. The van der Waals surface area contributed by atoms with Crippen molar-refractivity contribution in [1.82, 2.24) is 15.5 Å². The molecular formula is C18H26ClN3O2S. The van der Waals surface area contributed by atoms with Gasteiger partial charge in [0.25, 0.3) is 0 Å². The van der Waals surface area contributed by atoms with Gasteiger partial charge in [0.2, 0.25) is 5.91 Å². The van der Waals surface area contributed by atoms with E-state index >= 15 is 0 Å². The topological polar surface area (TPSA) is 53.6 Å². The predicted octanol–water partition coefficient (Wildman–Crippen LogP) is 1.92. The van der Waals surface area contributed by atoms with Crippen LogP contribution in [0, 0.1) is 0 Å². The van der Waals surface area contributed by atoms with Crippen molar-refractivity contribution < 1.29 is 9.53 Å². The molecule has 0 saturated carbocycles. The van der Waals surface area contributed by atoms with Crippen molar-refractivity contribution in [3.8, 4) is 0 Å². The van der Waals surface area contributed by atoms with Gasteiger partial charge in [-0.05, 0) is 17.7 Å². The Morgan fingerprint density at radius 2 is 2.28 bits per heavy atom. The molecule has 0 radical (unpaired) electrons. The Labute approximate surface area is 158 Å². The van der Waals surface area contributed by atoms with Crippen LogP contribution in [0.5, 0.6) is 0 Å². The molecule has 7 heteroatoms. The van der Waals surface area contributed by atoms with Crippen molar-refractivity contribution in [2.45, 2.75) is 18.5 Å². The molecule has 2 aliphatic rings. The lowest BCUT2D eigenvalue weighted by Crippen LogP contribution is -2.45. The van der Waals surface area contributed by atoms with E-state index in [2.05, 4.69) is 21.6 Å². The van der Waals surface area contributed by atoms with Gasteiger partial charge in [-0.2, -0.15) is 11.8 Å². The summed E-state index contributed by atoms with van der Waals surface area (Å²) in [6.45, 7) is 4.78. The number of halogens is 1. The monoisotopic (exact) mass is 383 g/mol. The van der Waals surface area contributed by atoms with Crippen molar-refractivity contribution in [2.24, 2.45) is 0 Å². The number of thioether (sulfide) groups is 1. The number of nitrogens with one attached hydrogen (secondary N) is 2. The zero-order valence-corrected chi connectivity index (χ0v) is 16.0. The van der Waals surface area contributed by atoms with E-state index in [0.29, 0.717) is 13.0 Å². The van der Waals surface area contributed by atoms with Gasteiger partial charge < -0.3 is 15.4 Å². The van der Waals surface area contributed by atoms with E-state index in [0.717, 1.165) is 54.9 Å². The maximum Gasteiger partial charge on any atom is 0.221 e. The average Bonchev–Trinajstić information content (AvgIpc) is 2.64. The van der Waals surface area contributed by atoms with Crippen LogP contribution in [-0.2, 0) is 9.53 Å². The van der Waals surface area contributed by atoms with Crippen LogP contribution < -0.4 is 10.6 Å². The molecule has 0 aromatic heterocycles. The van der Waals surface area contributed by atoms with Gasteiger partial charge in [0, 0.05) is 55.2 Å². The number of hydrogen-bond acceptors (Lipinski definition) is 5. The molecule has 3 rings (SSSR count). The highest BCUT2D eigenvalue weighted by molar-refractivity contribution is 7.99. The summed E-state index contributed by atoms with van der Waals surface area (Å²) in [7, 11) is 0.